The van der Waals surface area contributed by atoms with Crippen LogP contribution in [0.1, 0.15) is 47.4 Å². The van der Waals surface area contributed by atoms with Gasteiger partial charge in [0.15, 0.2) is 5.76 Å². The Morgan fingerprint density at radius 1 is 1.11 bits per heavy atom. The van der Waals surface area contributed by atoms with E-state index in [0.29, 0.717) is 12.5 Å². The summed E-state index contributed by atoms with van der Waals surface area (Å²) in [6, 6.07) is 14.5. The fraction of sp³-hybridized carbons (Fsp3) is 0.385. The highest BCUT2D eigenvalue weighted by molar-refractivity contribution is 6.33. The molecule has 1 amide bonds. The second kappa shape index (κ2) is 10.8. The summed E-state index contributed by atoms with van der Waals surface area (Å²) in [6.45, 7) is 1.52. The van der Waals surface area contributed by atoms with Crippen molar-refractivity contribution >= 4 is 17.5 Å². The zero-order chi connectivity index (χ0) is 25.0. The quantitative estimate of drug-likeness (QED) is 0.402. The summed E-state index contributed by atoms with van der Waals surface area (Å²) in [5.41, 5.74) is 0.787. The third-order valence-electron chi connectivity index (χ3n) is 6.34. The summed E-state index contributed by atoms with van der Waals surface area (Å²) in [5.74, 6) is 0.688. The summed E-state index contributed by atoms with van der Waals surface area (Å²) < 4.78 is 44.5. The van der Waals surface area contributed by atoms with Gasteiger partial charge in [0, 0.05) is 24.2 Å². The molecule has 186 valence electrons. The maximum absolute atomic E-state index is 13.0. The minimum Gasteiger partial charge on any atom is -0.359 e. The van der Waals surface area contributed by atoms with E-state index < -0.39 is 17.6 Å². The minimum absolute atomic E-state index is 0.00801. The molecule has 9 heteroatoms. The van der Waals surface area contributed by atoms with Gasteiger partial charge < -0.3 is 9.84 Å². The molecular weight excluding hydrogens is 479 g/mol. The number of rotatable bonds is 7. The third kappa shape index (κ3) is 6.64. The highest BCUT2D eigenvalue weighted by Crippen LogP contribution is 2.32. The normalized spacial score (nSPS) is 18.6. The molecule has 1 heterocycles. The lowest BCUT2D eigenvalue weighted by Crippen LogP contribution is -2.39. The van der Waals surface area contributed by atoms with Gasteiger partial charge in [0.2, 0.25) is 0 Å². The van der Waals surface area contributed by atoms with Gasteiger partial charge in [0.05, 0.1) is 22.7 Å². The number of hydrogen-bond donors (Lipinski definition) is 1. The average Bonchev–Trinajstić information content (AvgIpc) is 3.28. The van der Waals surface area contributed by atoms with Crippen LogP contribution >= 0.6 is 11.6 Å². The summed E-state index contributed by atoms with van der Waals surface area (Å²) in [5, 5.41) is 7.03. The summed E-state index contributed by atoms with van der Waals surface area (Å²) in [6.07, 6.45) is -1.17. The lowest BCUT2D eigenvalue weighted by molar-refractivity contribution is -0.137. The van der Waals surface area contributed by atoms with E-state index in [4.69, 9.17) is 16.1 Å². The Hall–Kier alpha value is -2.84. The number of alkyl halides is 3. The van der Waals surface area contributed by atoms with E-state index >= 15 is 0 Å². The van der Waals surface area contributed by atoms with Crippen molar-refractivity contribution in [1.82, 2.24) is 15.4 Å². The smallest absolute Gasteiger partial charge is 0.359 e. The third-order valence-corrected chi connectivity index (χ3v) is 6.67. The van der Waals surface area contributed by atoms with Gasteiger partial charge in [-0.25, -0.2) is 0 Å². The molecule has 4 rings (SSSR count). The SMILES string of the molecule is CN(Cc1cc(-c2ccccc2)no1)C[C@H]1CC[C@H](NC(=O)c2cc(C(F)(F)F)ccc2Cl)CC1. The molecule has 0 radical (unpaired) electrons. The van der Waals surface area contributed by atoms with Crippen LogP contribution in [-0.4, -0.2) is 35.6 Å². The van der Waals surface area contributed by atoms with Crippen LogP contribution in [0.4, 0.5) is 13.2 Å². The lowest BCUT2D eigenvalue weighted by atomic mass is 9.85. The van der Waals surface area contributed by atoms with E-state index in [1.54, 1.807) is 0 Å². The van der Waals surface area contributed by atoms with Crippen molar-refractivity contribution in [2.45, 2.75) is 44.4 Å². The maximum atomic E-state index is 13.0. The molecule has 0 unspecified atom stereocenters. The van der Waals surface area contributed by atoms with E-state index in [0.717, 1.165) is 67.4 Å². The van der Waals surface area contributed by atoms with Crippen molar-refractivity contribution in [3.05, 3.63) is 76.5 Å². The molecule has 0 saturated heterocycles. The van der Waals surface area contributed by atoms with E-state index in [1.165, 1.54) is 0 Å². The first-order valence-corrected chi connectivity index (χ1v) is 11.9. The largest absolute Gasteiger partial charge is 0.416 e. The molecule has 0 aliphatic heterocycles. The van der Waals surface area contributed by atoms with E-state index in [1.807, 2.05) is 43.4 Å². The van der Waals surface area contributed by atoms with Crippen LogP contribution in [0.25, 0.3) is 11.3 Å². The number of amides is 1. The second-order valence-electron chi connectivity index (χ2n) is 9.12. The first kappa shape index (κ1) is 25.3. The average molecular weight is 506 g/mol. The van der Waals surface area contributed by atoms with Crippen LogP contribution < -0.4 is 5.32 Å². The molecule has 5 nitrogen and oxygen atoms in total. The Labute approximate surface area is 207 Å². The molecule has 1 N–H and O–H groups in total. The van der Waals surface area contributed by atoms with Gasteiger partial charge in [-0.15, -0.1) is 0 Å². The molecule has 35 heavy (non-hydrogen) atoms. The predicted molar refractivity (Wildman–Crippen MR) is 128 cm³/mol. The van der Waals surface area contributed by atoms with Crippen molar-refractivity contribution in [1.29, 1.82) is 0 Å². The van der Waals surface area contributed by atoms with Crippen LogP contribution in [-0.2, 0) is 12.7 Å². The topological polar surface area (TPSA) is 58.4 Å². The number of carbonyl (C=O) groups is 1. The number of nitrogens with one attached hydrogen (secondary N) is 1. The van der Waals surface area contributed by atoms with Crippen LogP contribution in [0.5, 0.6) is 0 Å². The monoisotopic (exact) mass is 505 g/mol. The van der Waals surface area contributed by atoms with Crippen molar-refractivity contribution in [3.63, 3.8) is 0 Å². The number of aromatic nitrogens is 1. The highest BCUT2D eigenvalue weighted by atomic mass is 35.5. The Kier molecular flexibility index (Phi) is 7.82. The molecule has 2 aromatic carbocycles. The number of carbonyl (C=O) groups excluding carboxylic acids is 1. The molecule has 3 aromatic rings. The second-order valence-corrected chi connectivity index (χ2v) is 9.53. The molecule has 0 atom stereocenters. The maximum Gasteiger partial charge on any atom is 0.416 e. The predicted octanol–water partition coefficient (Wildman–Crippen LogP) is 6.43. The highest BCUT2D eigenvalue weighted by Gasteiger charge is 2.32. The van der Waals surface area contributed by atoms with Crippen molar-refractivity contribution < 1.29 is 22.5 Å². The zero-order valence-electron chi connectivity index (χ0n) is 19.3. The zero-order valence-corrected chi connectivity index (χ0v) is 20.1. The molecule has 1 aliphatic carbocycles. The molecule has 0 bridgehead atoms. The number of hydrogen-bond acceptors (Lipinski definition) is 4. The molecule has 1 aliphatic rings. The van der Waals surface area contributed by atoms with Crippen molar-refractivity contribution in [3.8, 4) is 11.3 Å². The Morgan fingerprint density at radius 2 is 1.83 bits per heavy atom. The van der Waals surface area contributed by atoms with Gasteiger partial charge in [-0.1, -0.05) is 47.1 Å². The van der Waals surface area contributed by atoms with Crippen LogP contribution in [0, 0.1) is 5.92 Å². The molecule has 1 saturated carbocycles. The van der Waals surface area contributed by atoms with Crippen LogP contribution in [0.3, 0.4) is 0 Å². The molecule has 0 spiro atoms. The van der Waals surface area contributed by atoms with Crippen LogP contribution in [0.15, 0.2) is 59.1 Å². The van der Waals surface area contributed by atoms with Gasteiger partial charge in [-0.2, -0.15) is 13.2 Å². The van der Waals surface area contributed by atoms with Gasteiger partial charge in [-0.3, -0.25) is 9.69 Å². The van der Waals surface area contributed by atoms with Gasteiger partial charge >= 0.3 is 6.18 Å². The summed E-state index contributed by atoms with van der Waals surface area (Å²) >= 11 is 6.00. The fourth-order valence-electron chi connectivity index (χ4n) is 4.53. The minimum atomic E-state index is -4.53. The van der Waals surface area contributed by atoms with Gasteiger partial charge in [0.25, 0.3) is 5.91 Å². The number of nitrogens with zero attached hydrogens (tertiary/aromatic N) is 2. The van der Waals surface area contributed by atoms with Gasteiger partial charge in [-0.05, 0) is 56.8 Å². The Morgan fingerprint density at radius 3 is 2.51 bits per heavy atom. The van der Waals surface area contributed by atoms with Crippen molar-refractivity contribution in [2.75, 3.05) is 13.6 Å². The molecule has 1 fully saturated rings. The van der Waals surface area contributed by atoms with E-state index in [9.17, 15) is 18.0 Å². The molecule has 1 aromatic heterocycles. The first-order chi connectivity index (χ1) is 16.7. The first-order valence-electron chi connectivity index (χ1n) is 11.6. The fourth-order valence-corrected chi connectivity index (χ4v) is 4.74. The van der Waals surface area contributed by atoms with Crippen molar-refractivity contribution in [2.24, 2.45) is 5.92 Å². The standard InChI is InChI=1S/C26H27ClF3N3O2/c1-33(16-21-14-24(32-35-21)18-5-3-2-4-6-18)15-17-7-10-20(11-8-17)31-25(34)22-13-19(26(28,29)30)9-12-23(22)27/h2-6,9,12-14,17,20H,7-8,10-11,15-16H2,1H3,(H,31,34)/t17-,20-. The lowest BCUT2D eigenvalue weighted by Gasteiger charge is -2.31. The Bertz CT molecular complexity index is 1140. The summed E-state index contributed by atoms with van der Waals surface area (Å²) in [7, 11) is 2.04. The number of benzene rings is 2. The van der Waals surface area contributed by atoms with Crippen LogP contribution in [0.2, 0.25) is 5.02 Å². The molecular formula is C26H27ClF3N3O2. The Balaban J connectivity index is 1.25. The van der Waals surface area contributed by atoms with Gasteiger partial charge in [0.1, 0.15) is 5.69 Å². The number of halogens is 4. The van der Waals surface area contributed by atoms with E-state index in [2.05, 4.69) is 15.4 Å². The summed E-state index contributed by atoms with van der Waals surface area (Å²) in [4.78, 5) is 14.8. The van der Waals surface area contributed by atoms with E-state index in [-0.39, 0.29) is 16.6 Å².